The van der Waals surface area contributed by atoms with Gasteiger partial charge in [-0.1, -0.05) is 0 Å². The normalized spacial score (nSPS) is 11.9. The van der Waals surface area contributed by atoms with Crippen LogP contribution in [0.25, 0.3) is 11.0 Å². The van der Waals surface area contributed by atoms with Crippen molar-refractivity contribution in [3.8, 4) is 0 Å². The molecule has 0 aliphatic rings. The molecule has 0 unspecified atom stereocenters. The number of aryl methyl sites for hydroxylation is 1. The molecule has 0 aliphatic heterocycles. The van der Waals surface area contributed by atoms with Gasteiger partial charge in [0, 0.05) is 18.8 Å². The molecule has 0 aliphatic carbocycles. The highest BCUT2D eigenvalue weighted by Gasteiger charge is 2.15. The van der Waals surface area contributed by atoms with Gasteiger partial charge in [-0.05, 0) is 40.4 Å². The standard InChI is InChI=1S/C13H20N4O/c1-8(2)17-7-10(6-16(4)5)11-12(17)14-9(3)15-13(11)18/h7-8H,6H2,1-5H3,(H,14,15,18). The Bertz CT molecular complexity index is 622. The number of nitrogens with zero attached hydrogens (tertiary/aromatic N) is 3. The van der Waals surface area contributed by atoms with Crippen LogP contribution in [-0.2, 0) is 6.54 Å². The number of nitrogens with one attached hydrogen (secondary N) is 1. The molecule has 18 heavy (non-hydrogen) atoms. The van der Waals surface area contributed by atoms with Crippen molar-refractivity contribution in [2.24, 2.45) is 0 Å². The second kappa shape index (κ2) is 4.57. The maximum Gasteiger partial charge on any atom is 0.260 e. The predicted octanol–water partition coefficient (Wildman–Crippen LogP) is 1.68. The van der Waals surface area contributed by atoms with Gasteiger partial charge in [0.15, 0.2) is 0 Å². The van der Waals surface area contributed by atoms with E-state index in [1.807, 2.05) is 27.2 Å². The fraction of sp³-hybridized carbons (Fsp3) is 0.538. The predicted molar refractivity (Wildman–Crippen MR) is 72.9 cm³/mol. The zero-order chi connectivity index (χ0) is 13.4. The van der Waals surface area contributed by atoms with Gasteiger partial charge in [0.2, 0.25) is 0 Å². The minimum Gasteiger partial charge on any atom is -0.329 e. The lowest BCUT2D eigenvalue weighted by Gasteiger charge is -2.08. The summed E-state index contributed by atoms with van der Waals surface area (Å²) < 4.78 is 2.07. The topological polar surface area (TPSA) is 53.9 Å². The summed E-state index contributed by atoms with van der Waals surface area (Å²) >= 11 is 0. The van der Waals surface area contributed by atoms with E-state index in [0.29, 0.717) is 11.2 Å². The van der Waals surface area contributed by atoms with Crippen molar-refractivity contribution in [3.05, 3.63) is 27.9 Å². The van der Waals surface area contributed by atoms with Gasteiger partial charge in [0.1, 0.15) is 11.5 Å². The van der Waals surface area contributed by atoms with Crippen LogP contribution in [0.5, 0.6) is 0 Å². The molecule has 0 fully saturated rings. The van der Waals surface area contributed by atoms with Crippen LogP contribution in [0.1, 0.15) is 31.3 Å². The number of hydrogen-bond donors (Lipinski definition) is 1. The molecule has 0 bridgehead atoms. The second-order valence-electron chi connectivity index (χ2n) is 5.24. The first-order valence-corrected chi connectivity index (χ1v) is 6.15. The largest absolute Gasteiger partial charge is 0.329 e. The Hall–Kier alpha value is -1.62. The van der Waals surface area contributed by atoms with Gasteiger partial charge in [0.25, 0.3) is 5.56 Å². The smallest absolute Gasteiger partial charge is 0.260 e. The average molecular weight is 248 g/mol. The van der Waals surface area contributed by atoms with Gasteiger partial charge in [-0.3, -0.25) is 4.79 Å². The quantitative estimate of drug-likeness (QED) is 0.899. The van der Waals surface area contributed by atoms with Gasteiger partial charge < -0.3 is 14.5 Å². The maximum atomic E-state index is 12.1. The van der Waals surface area contributed by atoms with Crippen LogP contribution in [0.3, 0.4) is 0 Å². The highest BCUT2D eigenvalue weighted by Crippen LogP contribution is 2.21. The van der Waals surface area contributed by atoms with Crippen LogP contribution in [0, 0.1) is 6.92 Å². The Balaban J connectivity index is 2.76. The Labute approximate surface area is 106 Å². The highest BCUT2D eigenvalue weighted by molar-refractivity contribution is 5.79. The molecular weight excluding hydrogens is 228 g/mol. The Morgan fingerprint density at radius 3 is 2.67 bits per heavy atom. The van der Waals surface area contributed by atoms with E-state index in [4.69, 9.17) is 0 Å². The minimum absolute atomic E-state index is 0.0475. The summed E-state index contributed by atoms with van der Waals surface area (Å²) in [7, 11) is 3.99. The lowest BCUT2D eigenvalue weighted by molar-refractivity contribution is 0.403. The van der Waals surface area contributed by atoms with Crippen LogP contribution >= 0.6 is 0 Å². The van der Waals surface area contributed by atoms with Crippen molar-refractivity contribution in [3.63, 3.8) is 0 Å². The molecule has 98 valence electrons. The fourth-order valence-electron chi connectivity index (χ4n) is 2.20. The van der Waals surface area contributed by atoms with Crippen LogP contribution in [0.4, 0.5) is 0 Å². The van der Waals surface area contributed by atoms with Crippen molar-refractivity contribution < 1.29 is 0 Å². The van der Waals surface area contributed by atoms with E-state index >= 15 is 0 Å². The number of aromatic nitrogens is 3. The second-order valence-corrected chi connectivity index (χ2v) is 5.24. The highest BCUT2D eigenvalue weighted by atomic mass is 16.1. The third-order valence-electron chi connectivity index (χ3n) is 2.92. The van der Waals surface area contributed by atoms with Crippen LogP contribution in [0.2, 0.25) is 0 Å². The molecule has 2 aromatic heterocycles. The fourth-order valence-corrected chi connectivity index (χ4v) is 2.20. The van der Waals surface area contributed by atoms with Gasteiger partial charge in [-0.15, -0.1) is 0 Å². The molecule has 5 nitrogen and oxygen atoms in total. The Morgan fingerprint density at radius 1 is 1.44 bits per heavy atom. The molecule has 0 amide bonds. The molecule has 0 radical (unpaired) electrons. The van der Waals surface area contributed by atoms with E-state index < -0.39 is 0 Å². The lowest BCUT2D eigenvalue weighted by Crippen LogP contribution is -2.14. The van der Waals surface area contributed by atoms with E-state index in [1.54, 1.807) is 0 Å². The van der Waals surface area contributed by atoms with Gasteiger partial charge in [-0.2, -0.15) is 0 Å². The molecule has 2 aromatic rings. The van der Waals surface area contributed by atoms with Gasteiger partial charge in [-0.25, -0.2) is 4.98 Å². The molecule has 0 saturated heterocycles. The van der Waals surface area contributed by atoms with Crippen LogP contribution in [0.15, 0.2) is 11.0 Å². The number of rotatable bonds is 3. The minimum atomic E-state index is -0.0475. The first-order valence-electron chi connectivity index (χ1n) is 6.15. The number of fused-ring (bicyclic) bond motifs is 1. The molecule has 2 rings (SSSR count). The van der Waals surface area contributed by atoms with Crippen LogP contribution < -0.4 is 5.56 Å². The first-order chi connectivity index (χ1) is 8.40. The SMILES string of the molecule is Cc1nc2c(c(CN(C)C)cn2C(C)C)c(=O)[nH]1. The van der Waals surface area contributed by atoms with E-state index in [9.17, 15) is 4.79 Å². The van der Waals surface area contributed by atoms with Crippen LogP contribution in [-0.4, -0.2) is 33.5 Å². The molecule has 0 aromatic carbocycles. The van der Waals surface area contributed by atoms with Crippen molar-refractivity contribution in [2.45, 2.75) is 33.4 Å². The lowest BCUT2D eigenvalue weighted by atomic mass is 10.2. The molecule has 5 heteroatoms. The molecule has 0 saturated carbocycles. The van der Waals surface area contributed by atoms with Gasteiger partial charge >= 0.3 is 0 Å². The van der Waals surface area contributed by atoms with Gasteiger partial charge in [0.05, 0.1) is 5.39 Å². The third kappa shape index (κ3) is 2.18. The Morgan fingerprint density at radius 2 is 2.11 bits per heavy atom. The summed E-state index contributed by atoms with van der Waals surface area (Å²) in [5.41, 5.74) is 1.76. The summed E-state index contributed by atoms with van der Waals surface area (Å²) in [6.07, 6.45) is 2.04. The zero-order valence-corrected chi connectivity index (χ0v) is 11.6. The zero-order valence-electron chi connectivity index (χ0n) is 11.6. The third-order valence-corrected chi connectivity index (χ3v) is 2.92. The molecule has 0 spiro atoms. The number of hydrogen-bond acceptors (Lipinski definition) is 3. The van der Waals surface area contributed by atoms with E-state index in [0.717, 1.165) is 17.8 Å². The monoisotopic (exact) mass is 248 g/mol. The Kier molecular flexibility index (Phi) is 3.26. The summed E-state index contributed by atoms with van der Waals surface area (Å²) in [6, 6.07) is 0.289. The van der Waals surface area contributed by atoms with Crippen molar-refractivity contribution in [1.82, 2.24) is 19.4 Å². The maximum absolute atomic E-state index is 12.1. The van der Waals surface area contributed by atoms with Crippen molar-refractivity contribution >= 4 is 11.0 Å². The van der Waals surface area contributed by atoms with E-state index in [1.165, 1.54) is 0 Å². The molecule has 0 atom stereocenters. The summed E-state index contributed by atoms with van der Waals surface area (Å²) in [4.78, 5) is 21.4. The van der Waals surface area contributed by atoms with Crippen molar-refractivity contribution in [2.75, 3.05) is 14.1 Å². The summed E-state index contributed by atoms with van der Waals surface area (Å²) in [5, 5.41) is 0.711. The average Bonchev–Trinajstić information content (AvgIpc) is 2.55. The molecule has 1 N–H and O–H groups in total. The number of H-pyrrole nitrogens is 1. The first kappa shape index (κ1) is 12.8. The van der Waals surface area contributed by atoms with E-state index in [2.05, 4.69) is 33.3 Å². The van der Waals surface area contributed by atoms with E-state index in [-0.39, 0.29) is 11.6 Å². The molecular formula is C13H20N4O. The van der Waals surface area contributed by atoms with Crippen molar-refractivity contribution in [1.29, 1.82) is 0 Å². The summed E-state index contributed by atoms with van der Waals surface area (Å²) in [6.45, 7) is 6.74. The molecule has 2 heterocycles. The number of aromatic amines is 1. The summed E-state index contributed by atoms with van der Waals surface area (Å²) in [5.74, 6) is 0.656.